The molecule has 0 saturated carbocycles. The summed E-state index contributed by atoms with van der Waals surface area (Å²) in [6.07, 6.45) is 0. The lowest BCUT2D eigenvalue weighted by molar-refractivity contribution is 0.0600. The molecular weight excluding hydrogens is 254 g/mol. The molecule has 5 nitrogen and oxygen atoms in total. The average molecular weight is 277 g/mol. The van der Waals surface area contributed by atoms with Gasteiger partial charge >= 0.3 is 5.97 Å². The van der Waals surface area contributed by atoms with Crippen molar-refractivity contribution in [3.63, 3.8) is 0 Å². The minimum absolute atomic E-state index is 0.320. The smallest absolute Gasteiger partial charge is 0.337 e. The van der Waals surface area contributed by atoms with Crippen molar-refractivity contribution < 1.29 is 9.53 Å². The standard InChI is InChI=1S/C15H23N3O2/c1-11(2)9-17-15(16-3)18-10-12-5-7-13(8-6-12)14(19)20-4/h5-8,11H,9-10H2,1-4H3,(H2,16,17,18). The van der Waals surface area contributed by atoms with Gasteiger partial charge in [0.2, 0.25) is 0 Å². The summed E-state index contributed by atoms with van der Waals surface area (Å²) in [4.78, 5) is 15.5. The average Bonchev–Trinajstić information content (AvgIpc) is 2.47. The lowest BCUT2D eigenvalue weighted by Crippen LogP contribution is -2.38. The predicted octanol–water partition coefficient (Wildman–Crippen LogP) is 1.79. The van der Waals surface area contributed by atoms with Crippen molar-refractivity contribution in [2.24, 2.45) is 10.9 Å². The van der Waals surface area contributed by atoms with Crippen molar-refractivity contribution in [1.29, 1.82) is 0 Å². The molecular formula is C15H23N3O2. The first-order valence-electron chi connectivity index (χ1n) is 6.68. The lowest BCUT2D eigenvalue weighted by atomic mass is 10.1. The van der Waals surface area contributed by atoms with Gasteiger partial charge < -0.3 is 15.4 Å². The highest BCUT2D eigenvalue weighted by molar-refractivity contribution is 5.89. The van der Waals surface area contributed by atoms with Gasteiger partial charge in [-0.25, -0.2) is 4.79 Å². The number of nitrogens with zero attached hydrogens (tertiary/aromatic N) is 1. The largest absolute Gasteiger partial charge is 0.465 e. The van der Waals surface area contributed by atoms with E-state index in [2.05, 4.69) is 34.2 Å². The summed E-state index contributed by atoms with van der Waals surface area (Å²) in [6, 6.07) is 7.31. The van der Waals surface area contributed by atoms with Crippen LogP contribution in [0.5, 0.6) is 0 Å². The van der Waals surface area contributed by atoms with Crippen LogP contribution in [0.3, 0.4) is 0 Å². The number of nitrogens with one attached hydrogen (secondary N) is 2. The SMILES string of the molecule is CN=C(NCc1ccc(C(=O)OC)cc1)NCC(C)C. The zero-order chi connectivity index (χ0) is 15.0. The van der Waals surface area contributed by atoms with Crippen LogP contribution in [0.1, 0.15) is 29.8 Å². The fraction of sp³-hybridized carbons (Fsp3) is 0.467. The number of hydrogen-bond acceptors (Lipinski definition) is 3. The minimum Gasteiger partial charge on any atom is -0.465 e. The van der Waals surface area contributed by atoms with Crippen LogP contribution in [0.15, 0.2) is 29.3 Å². The molecule has 20 heavy (non-hydrogen) atoms. The Hall–Kier alpha value is -2.04. The molecule has 2 N–H and O–H groups in total. The molecule has 0 atom stereocenters. The Morgan fingerprint density at radius 3 is 2.40 bits per heavy atom. The zero-order valence-corrected chi connectivity index (χ0v) is 12.6. The van der Waals surface area contributed by atoms with E-state index in [4.69, 9.17) is 0 Å². The second-order valence-corrected chi connectivity index (χ2v) is 4.89. The van der Waals surface area contributed by atoms with E-state index in [1.54, 1.807) is 19.2 Å². The monoisotopic (exact) mass is 277 g/mol. The van der Waals surface area contributed by atoms with Gasteiger partial charge in [-0.2, -0.15) is 0 Å². The lowest BCUT2D eigenvalue weighted by Gasteiger charge is -2.13. The topological polar surface area (TPSA) is 62.7 Å². The second kappa shape index (κ2) is 8.19. The van der Waals surface area contributed by atoms with Crippen LogP contribution < -0.4 is 10.6 Å². The van der Waals surface area contributed by atoms with E-state index in [1.165, 1.54) is 7.11 Å². The molecule has 0 fully saturated rings. The van der Waals surface area contributed by atoms with E-state index in [1.807, 2.05) is 12.1 Å². The van der Waals surface area contributed by atoms with Crippen molar-refractivity contribution in [3.8, 4) is 0 Å². The molecule has 0 saturated heterocycles. The van der Waals surface area contributed by atoms with Crippen LogP contribution >= 0.6 is 0 Å². The number of carbonyl (C=O) groups is 1. The van der Waals surface area contributed by atoms with Gasteiger partial charge in [0.25, 0.3) is 0 Å². The Bertz CT molecular complexity index is 453. The van der Waals surface area contributed by atoms with Gasteiger partial charge in [-0.1, -0.05) is 26.0 Å². The Morgan fingerprint density at radius 1 is 1.25 bits per heavy atom. The number of ether oxygens (including phenoxy) is 1. The fourth-order valence-electron chi connectivity index (χ4n) is 1.58. The molecule has 0 aromatic heterocycles. The summed E-state index contributed by atoms with van der Waals surface area (Å²) < 4.78 is 4.66. The zero-order valence-electron chi connectivity index (χ0n) is 12.6. The molecule has 1 rings (SSSR count). The Kier molecular flexibility index (Phi) is 6.56. The van der Waals surface area contributed by atoms with E-state index >= 15 is 0 Å². The summed E-state index contributed by atoms with van der Waals surface area (Å²) >= 11 is 0. The normalized spacial score (nSPS) is 11.3. The second-order valence-electron chi connectivity index (χ2n) is 4.89. The molecule has 0 amide bonds. The molecule has 5 heteroatoms. The minimum atomic E-state index is -0.320. The number of carbonyl (C=O) groups excluding carboxylic acids is 1. The van der Waals surface area contributed by atoms with Crippen molar-refractivity contribution in [2.45, 2.75) is 20.4 Å². The Morgan fingerprint density at radius 2 is 1.90 bits per heavy atom. The molecule has 1 aromatic rings. The quantitative estimate of drug-likeness (QED) is 0.489. The van der Waals surface area contributed by atoms with Crippen LogP contribution in [-0.2, 0) is 11.3 Å². The highest BCUT2D eigenvalue weighted by atomic mass is 16.5. The van der Waals surface area contributed by atoms with Crippen LogP contribution in [0, 0.1) is 5.92 Å². The number of aliphatic imine (C=N–C) groups is 1. The predicted molar refractivity (Wildman–Crippen MR) is 80.8 cm³/mol. The molecule has 0 heterocycles. The summed E-state index contributed by atoms with van der Waals surface area (Å²) in [6.45, 7) is 5.82. The number of benzene rings is 1. The van der Waals surface area contributed by atoms with E-state index in [0.717, 1.165) is 18.1 Å². The van der Waals surface area contributed by atoms with Crippen molar-refractivity contribution >= 4 is 11.9 Å². The Labute approximate surface area is 120 Å². The third-order valence-corrected chi connectivity index (χ3v) is 2.74. The molecule has 0 aliphatic heterocycles. The third-order valence-electron chi connectivity index (χ3n) is 2.74. The van der Waals surface area contributed by atoms with E-state index < -0.39 is 0 Å². The number of esters is 1. The molecule has 0 spiro atoms. The number of hydrogen-bond donors (Lipinski definition) is 2. The van der Waals surface area contributed by atoms with Crippen molar-refractivity contribution in [1.82, 2.24) is 10.6 Å². The highest BCUT2D eigenvalue weighted by Crippen LogP contribution is 2.05. The van der Waals surface area contributed by atoms with Gasteiger partial charge in [0, 0.05) is 20.1 Å². The van der Waals surface area contributed by atoms with Crippen LogP contribution in [-0.4, -0.2) is 32.6 Å². The van der Waals surface area contributed by atoms with E-state index in [-0.39, 0.29) is 5.97 Å². The molecule has 0 aliphatic carbocycles. The molecule has 0 bridgehead atoms. The summed E-state index contributed by atoms with van der Waals surface area (Å²) in [5, 5.41) is 6.47. The summed E-state index contributed by atoms with van der Waals surface area (Å²) in [5.74, 6) is 1.02. The number of rotatable bonds is 5. The maximum absolute atomic E-state index is 11.3. The van der Waals surface area contributed by atoms with Gasteiger partial charge in [0.15, 0.2) is 5.96 Å². The summed E-state index contributed by atoms with van der Waals surface area (Å²) in [7, 11) is 3.12. The number of guanidine groups is 1. The molecule has 0 aliphatic rings. The first-order chi connectivity index (χ1) is 9.56. The first kappa shape index (κ1) is 16.0. The van der Waals surface area contributed by atoms with E-state index in [9.17, 15) is 4.79 Å². The van der Waals surface area contributed by atoms with Crippen LogP contribution in [0.25, 0.3) is 0 Å². The Balaban J connectivity index is 2.50. The summed E-state index contributed by atoms with van der Waals surface area (Å²) in [5.41, 5.74) is 1.63. The van der Waals surface area contributed by atoms with Gasteiger partial charge in [-0.3, -0.25) is 4.99 Å². The van der Waals surface area contributed by atoms with Gasteiger partial charge in [0.05, 0.1) is 12.7 Å². The van der Waals surface area contributed by atoms with Gasteiger partial charge in [-0.05, 0) is 23.6 Å². The van der Waals surface area contributed by atoms with Crippen molar-refractivity contribution in [3.05, 3.63) is 35.4 Å². The fourth-order valence-corrected chi connectivity index (χ4v) is 1.58. The highest BCUT2D eigenvalue weighted by Gasteiger charge is 2.04. The van der Waals surface area contributed by atoms with Gasteiger partial charge in [0.1, 0.15) is 0 Å². The third kappa shape index (κ3) is 5.30. The van der Waals surface area contributed by atoms with Crippen molar-refractivity contribution in [2.75, 3.05) is 20.7 Å². The van der Waals surface area contributed by atoms with E-state index in [0.29, 0.717) is 18.0 Å². The van der Waals surface area contributed by atoms with Crippen LogP contribution in [0.2, 0.25) is 0 Å². The number of methoxy groups -OCH3 is 1. The van der Waals surface area contributed by atoms with Gasteiger partial charge in [-0.15, -0.1) is 0 Å². The van der Waals surface area contributed by atoms with Crippen LogP contribution in [0.4, 0.5) is 0 Å². The maximum Gasteiger partial charge on any atom is 0.337 e. The molecule has 110 valence electrons. The molecule has 0 unspecified atom stereocenters. The maximum atomic E-state index is 11.3. The molecule has 1 aromatic carbocycles. The molecule has 0 radical (unpaired) electrons. The first-order valence-corrected chi connectivity index (χ1v) is 6.68.